The molecule has 2 atom stereocenters. The first-order chi connectivity index (χ1) is 18.5. The summed E-state index contributed by atoms with van der Waals surface area (Å²) in [7, 11) is -1.04. The van der Waals surface area contributed by atoms with E-state index in [0.29, 0.717) is 34.8 Å². The van der Waals surface area contributed by atoms with Crippen molar-refractivity contribution in [1.82, 2.24) is 5.32 Å². The first-order valence-electron chi connectivity index (χ1n) is 12.5. The lowest BCUT2D eigenvalue weighted by molar-refractivity contribution is 0.0940. The number of nitrogens with zero attached hydrogens (tertiary/aromatic N) is 1. The summed E-state index contributed by atoms with van der Waals surface area (Å²) in [6.45, 7) is 3.70. The highest BCUT2D eigenvalue weighted by molar-refractivity contribution is 7.72. The Kier molecular flexibility index (Phi) is 8.52. The summed E-state index contributed by atoms with van der Waals surface area (Å²) in [5.41, 5.74) is 9.13. The fourth-order valence-corrected chi connectivity index (χ4v) is 4.89. The van der Waals surface area contributed by atoms with Crippen LogP contribution in [0.4, 0.5) is 10.1 Å². The maximum absolute atomic E-state index is 13.3. The molecule has 0 saturated carbocycles. The second kappa shape index (κ2) is 11.8. The van der Waals surface area contributed by atoms with Gasteiger partial charge in [-0.2, -0.15) is 0 Å². The number of hydrogen-bond acceptors (Lipinski definition) is 6. The minimum absolute atomic E-state index is 0.215. The number of nitrogens with one attached hydrogen (secondary N) is 1. The number of rotatable bonds is 10. The maximum atomic E-state index is 13.3. The minimum atomic E-state index is -2.68. The van der Waals surface area contributed by atoms with Crippen LogP contribution in [0.25, 0.3) is 11.3 Å². The number of carbonyl (C=O) groups excluding carboxylic acids is 1. The molecule has 39 heavy (non-hydrogen) atoms. The van der Waals surface area contributed by atoms with E-state index in [1.54, 1.807) is 55.3 Å². The van der Waals surface area contributed by atoms with Gasteiger partial charge in [-0.1, -0.05) is 42.5 Å². The van der Waals surface area contributed by atoms with Crippen LogP contribution in [-0.4, -0.2) is 27.2 Å². The predicted octanol–water partition coefficient (Wildman–Crippen LogP) is 5.00. The molecule has 204 valence electrons. The minimum Gasteiger partial charge on any atom is -0.459 e. The third-order valence-electron chi connectivity index (χ3n) is 6.53. The molecule has 0 aliphatic heterocycles. The Labute approximate surface area is 229 Å². The van der Waals surface area contributed by atoms with Crippen molar-refractivity contribution in [1.29, 1.82) is 0 Å². The number of hydrogen-bond donors (Lipinski definition) is 3. The van der Waals surface area contributed by atoms with Crippen molar-refractivity contribution in [2.24, 2.45) is 5.73 Å². The summed E-state index contributed by atoms with van der Waals surface area (Å²) in [6.07, 6.45) is 0.565. The van der Waals surface area contributed by atoms with E-state index in [1.807, 2.05) is 43.3 Å². The lowest BCUT2D eigenvalue weighted by atomic mass is 9.91. The third kappa shape index (κ3) is 7.13. The Morgan fingerprint density at radius 3 is 2.41 bits per heavy atom. The van der Waals surface area contributed by atoms with Gasteiger partial charge in [0.05, 0.1) is 11.6 Å². The van der Waals surface area contributed by atoms with E-state index >= 15 is 0 Å². The Balaban J connectivity index is 1.65. The first-order valence-corrected chi connectivity index (χ1v) is 13.9. The van der Waals surface area contributed by atoms with Gasteiger partial charge in [-0.25, -0.2) is 12.8 Å². The van der Waals surface area contributed by atoms with Crippen molar-refractivity contribution in [2.75, 3.05) is 17.8 Å². The summed E-state index contributed by atoms with van der Waals surface area (Å²) in [5, 5.41) is 2.92. The number of thiol groups is 1. The van der Waals surface area contributed by atoms with Crippen LogP contribution in [0.15, 0.2) is 89.3 Å². The number of anilines is 1. The molecule has 0 spiro atoms. The zero-order valence-corrected chi connectivity index (χ0v) is 23.0. The molecular formula is C30H32FN3O4S. The van der Waals surface area contributed by atoms with Gasteiger partial charge in [0.1, 0.15) is 23.2 Å². The van der Waals surface area contributed by atoms with E-state index in [1.165, 1.54) is 12.1 Å². The third-order valence-corrected chi connectivity index (χ3v) is 7.19. The Bertz CT molecular complexity index is 1510. The molecule has 3 aromatic carbocycles. The highest BCUT2D eigenvalue weighted by Gasteiger charge is 2.26. The molecule has 9 heteroatoms. The van der Waals surface area contributed by atoms with Gasteiger partial charge >= 0.3 is 0 Å². The van der Waals surface area contributed by atoms with Crippen LogP contribution in [0.3, 0.4) is 0 Å². The average Bonchev–Trinajstić information content (AvgIpc) is 3.40. The summed E-state index contributed by atoms with van der Waals surface area (Å²) >= 11 is 0. The number of carbonyl (C=O) groups is 1. The van der Waals surface area contributed by atoms with E-state index < -0.39 is 16.2 Å². The van der Waals surface area contributed by atoms with E-state index in [-0.39, 0.29) is 23.6 Å². The van der Waals surface area contributed by atoms with Crippen molar-refractivity contribution in [3.8, 4) is 11.3 Å². The van der Waals surface area contributed by atoms with Gasteiger partial charge < -0.3 is 20.4 Å². The van der Waals surface area contributed by atoms with Gasteiger partial charge in [0.25, 0.3) is 5.91 Å². The summed E-state index contributed by atoms with van der Waals surface area (Å²) in [4.78, 5) is 14.8. The molecule has 0 aliphatic rings. The van der Waals surface area contributed by atoms with Crippen LogP contribution in [-0.2, 0) is 22.7 Å². The van der Waals surface area contributed by atoms with Crippen LogP contribution in [0, 0.1) is 5.82 Å². The van der Waals surface area contributed by atoms with Crippen molar-refractivity contribution in [3.05, 3.63) is 113 Å². The average molecular weight is 550 g/mol. The van der Waals surface area contributed by atoms with Gasteiger partial charge in [-0.3, -0.25) is 4.79 Å². The number of nitrogens with two attached hydrogens (primary N) is 1. The van der Waals surface area contributed by atoms with Gasteiger partial charge in [0.15, 0.2) is 10.7 Å². The van der Waals surface area contributed by atoms with Crippen LogP contribution >= 0.6 is 0 Å². The monoisotopic (exact) mass is 549 g/mol. The van der Waals surface area contributed by atoms with E-state index in [0.717, 1.165) is 11.1 Å². The second-order valence-electron chi connectivity index (χ2n) is 9.93. The quantitative estimate of drug-likeness (QED) is 0.241. The Morgan fingerprint density at radius 1 is 1.05 bits per heavy atom. The lowest BCUT2D eigenvalue weighted by Crippen LogP contribution is -2.35. The standard InChI is InChI=1S/C30H32FN3O4S/c1-20(22-9-11-25(31)12-10-22)33-29(35)24-15-23(16-26(17-24)34(3)19-39(36)37)27-13-14-28(38-27)30(2,32)18-21-7-5-4-6-8-21/h4-17,20,39H,18-19,32H2,1-3H3,(H,33,35)/t20-,30?/m1/s1. The largest absolute Gasteiger partial charge is 0.459 e. The predicted molar refractivity (Wildman–Crippen MR) is 152 cm³/mol. The lowest BCUT2D eigenvalue weighted by Gasteiger charge is -2.22. The van der Waals surface area contributed by atoms with Crippen molar-refractivity contribution >= 4 is 22.3 Å². The molecule has 0 bridgehead atoms. The Hall–Kier alpha value is -3.95. The number of benzene rings is 3. The second-order valence-corrected chi connectivity index (χ2v) is 10.9. The zero-order valence-electron chi connectivity index (χ0n) is 22.1. The van der Waals surface area contributed by atoms with Crippen molar-refractivity contribution in [3.63, 3.8) is 0 Å². The molecule has 0 saturated heterocycles. The molecule has 7 nitrogen and oxygen atoms in total. The molecule has 3 N–H and O–H groups in total. The van der Waals surface area contributed by atoms with Crippen LogP contribution in [0.5, 0.6) is 0 Å². The highest BCUT2D eigenvalue weighted by Crippen LogP contribution is 2.32. The molecule has 1 aromatic heterocycles. The van der Waals surface area contributed by atoms with Crippen LogP contribution in [0.2, 0.25) is 0 Å². The van der Waals surface area contributed by atoms with Crippen LogP contribution < -0.4 is 16.0 Å². The number of furan rings is 1. The Morgan fingerprint density at radius 2 is 1.74 bits per heavy atom. The summed E-state index contributed by atoms with van der Waals surface area (Å²) < 4.78 is 42.3. The van der Waals surface area contributed by atoms with E-state index in [4.69, 9.17) is 10.2 Å². The fraction of sp³-hybridized carbons (Fsp3) is 0.233. The topological polar surface area (TPSA) is 106 Å². The molecule has 0 fully saturated rings. The molecule has 1 amide bonds. The fourth-order valence-electron chi connectivity index (χ4n) is 4.38. The molecule has 1 heterocycles. The smallest absolute Gasteiger partial charge is 0.251 e. The highest BCUT2D eigenvalue weighted by atomic mass is 32.2. The summed E-state index contributed by atoms with van der Waals surface area (Å²) in [5.74, 6) is 0.141. The van der Waals surface area contributed by atoms with Crippen molar-refractivity contribution in [2.45, 2.75) is 31.8 Å². The summed E-state index contributed by atoms with van der Waals surface area (Å²) in [6, 6.07) is 24.1. The van der Waals surface area contributed by atoms with Crippen LogP contribution in [0.1, 0.15) is 47.1 Å². The SMILES string of the molecule is C[C@@H](NC(=O)c1cc(-c2ccc(C(C)(N)Cc3ccccc3)o2)cc(N(C)C[SH](=O)=O)c1)c1ccc(F)cc1. The number of halogens is 1. The molecule has 1 unspecified atom stereocenters. The molecule has 4 aromatic rings. The zero-order chi connectivity index (χ0) is 28.2. The molecule has 0 radical (unpaired) electrons. The molecular weight excluding hydrogens is 517 g/mol. The molecule has 0 aliphatic carbocycles. The van der Waals surface area contributed by atoms with Gasteiger partial charge in [-0.15, -0.1) is 0 Å². The van der Waals surface area contributed by atoms with Gasteiger partial charge in [-0.05, 0) is 73.9 Å². The first kappa shape index (κ1) is 28.1. The molecule has 4 rings (SSSR count). The maximum Gasteiger partial charge on any atom is 0.251 e. The normalized spacial score (nSPS) is 13.6. The van der Waals surface area contributed by atoms with E-state index in [2.05, 4.69) is 5.32 Å². The van der Waals surface area contributed by atoms with Gasteiger partial charge in [0, 0.05) is 23.9 Å². The van der Waals surface area contributed by atoms with E-state index in [9.17, 15) is 17.6 Å². The van der Waals surface area contributed by atoms with Crippen molar-refractivity contribution < 1.29 is 22.0 Å². The number of amides is 1. The van der Waals surface area contributed by atoms with Gasteiger partial charge in [0.2, 0.25) is 0 Å².